The Morgan fingerprint density at radius 2 is 2.04 bits per heavy atom. The van der Waals surface area contributed by atoms with Crippen molar-refractivity contribution < 1.29 is 19.1 Å². The van der Waals surface area contributed by atoms with Gasteiger partial charge in [0.1, 0.15) is 11.5 Å². The molecule has 2 amide bonds. The molecule has 0 radical (unpaired) electrons. The standard InChI is InChI=1S/C16H21N3O4/c1-10(13(20)23-3)19-9-8-16(2,15(19)22)14(21)18-12-7-5-4-6-11(12)17/h4-7,10H,8-9,17H2,1-3H3,(H,18,21). The van der Waals surface area contributed by atoms with Gasteiger partial charge in [0.2, 0.25) is 11.8 Å². The summed E-state index contributed by atoms with van der Waals surface area (Å²) in [6.07, 6.45) is 0.325. The van der Waals surface area contributed by atoms with Gasteiger partial charge in [-0.05, 0) is 32.4 Å². The number of hydrogen-bond donors (Lipinski definition) is 2. The van der Waals surface area contributed by atoms with Gasteiger partial charge in [-0.2, -0.15) is 0 Å². The molecule has 23 heavy (non-hydrogen) atoms. The quantitative estimate of drug-likeness (QED) is 0.490. The highest BCUT2D eigenvalue weighted by molar-refractivity contribution is 6.12. The number of esters is 1. The maximum Gasteiger partial charge on any atom is 0.328 e. The summed E-state index contributed by atoms with van der Waals surface area (Å²) in [5.41, 5.74) is 5.47. The van der Waals surface area contributed by atoms with Crippen molar-refractivity contribution in [3.05, 3.63) is 24.3 Å². The second kappa shape index (κ2) is 6.28. The number of likely N-dealkylation sites (tertiary alicyclic amines) is 1. The van der Waals surface area contributed by atoms with Crippen LogP contribution in [0.15, 0.2) is 24.3 Å². The van der Waals surface area contributed by atoms with E-state index in [-0.39, 0.29) is 5.91 Å². The Morgan fingerprint density at radius 1 is 1.39 bits per heavy atom. The Bertz CT molecular complexity index is 646. The van der Waals surface area contributed by atoms with Crippen molar-refractivity contribution in [2.24, 2.45) is 5.41 Å². The lowest BCUT2D eigenvalue weighted by molar-refractivity contribution is -0.153. The molecule has 2 atom stereocenters. The Kier molecular flexibility index (Phi) is 4.58. The van der Waals surface area contributed by atoms with Gasteiger partial charge in [-0.3, -0.25) is 9.59 Å². The van der Waals surface area contributed by atoms with Gasteiger partial charge in [0.15, 0.2) is 0 Å². The molecule has 3 N–H and O–H groups in total. The second-order valence-corrected chi connectivity index (χ2v) is 5.82. The number of carbonyl (C=O) groups is 3. The van der Waals surface area contributed by atoms with Gasteiger partial charge in [-0.15, -0.1) is 0 Å². The number of benzene rings is 1. The maximum atomic E-state index is 12.6. The molecule has 0 spiro atoms. The van der Waals surface area contributed by atoms with Crippen LogP contribution in [-0.4, -0.2) is 42.4 Å². The summed E-state index contributed by atoms with van der Waals surface area (Å²) in [5.74, 6) is -1.32. The number of carbonyl (C=O) groups excluding carboxylic acids is 3. The molecule has 1 heterocycles. The predicted octanol–water partition coefficient (Wildman–Crippen LogP) is 1.01. The second-order valence-electron chi connectivity index (χ2n) is 5.82. The minimum Gasteiger partial charge on any atom is -0.467 e. The van der Waals surface area contributed by atoms with Crippen LogP contribution in [0, 0.1) is 5.41 Å². The molecular formula is C16H21N3O4. The van der Waals surface area contributed by atoms with Crippen molar-refractivity contribution in [3.8, 4) is 0 Å². The number of rotatable bonds is 4. The van der Waals surface area contributed by atoms with Crippen LogP contribution in [-0.2, 0) is 19.1 Å². The Labute approximate surface area is 134 Å². The summed E-state index contributed by atoms with van der Waals surface area (Å²) in [4.78, 5) is 38.2. The van der Waals surface area contributed by atoms with Gasteiger partial charge in [0.25, 0.3) is 0 Å². The average molecular weight is 319 g/mol. The molecule has 1 aliphatic rings. The van der Waals surface area contributed by atoms with E-state index in [9.17, 15) is 14.4 Å². The molecule has 0 bridgehead atoms. The topological polar surface area (TPSA) is 102 Å². The van der Waals surface area contributed by atoms with E-state index in [0.29, 0.717) is 24.3 Å². The van der Waals surface area contributed by atoms with Crippen LogP contribution in [0.2, 0.25) is 0 Å². The fourth-order valence-electron chi connectivity index (χ4n) is 2.62. The predicted molar refractivity (Wildman–Crippen MR) is 85.4 cm³/mol. The molecule has 1 aromatic rings. The summed E-state index contributed by atoms with van der Waals surface area (Å²) >= 11 is 0. The Hall–Kier alpha value is -2.57. The molecule has 2 unspecified atom stereocenters. The van der Waals surface area contributed by atoms with E-state index in [2.05, 4.69) is 10.1 Å². The maximum absolute atomic E-state index is 12.6. The number of nitrogens with two attached hydrogens (primary N) is 1. The van der Waals surface area contributed by atoms with Gasteiger partial charge in [0, 0.05) is 6.54 Å². The van der Waals surface area contributed by atoms with Gasteiger partial charge in [-0.25, -0.2) is 4.79 Å². The van der Waals surface area contributed by atoms with E-state index in [0.717, 1.165) is 0 Å². The van der Waals surface area contributed by atoms with E-state index in [4.69, 9.17) is 5.73 Å². The minimum atomic E-state index is -1.23. The molecule has 2 rings (SSSR count). The van der Waals surface area contributed by atoms with Crippen molar-refractivity contribution in [2.45, 2.75) is 26.3 Å². The lowest BCUT2D eigenvalue weighted by Crippen LogP contribution is -2.46. The van der Waals surface area contributed by atoms with Crippen LogP contribution in [0.1, 0.15) is 20.3 Å². The summed E-state index contributed by atoms with van der Waals surface area (Å²) in [6, 6.07) is 6.12. The number of amides is 2. The van der Waals surface area contributed by atoms with Crippen LogP contribution >= 0.6 is 0 Å². The van der Waals surface area contributed by atoms with Gasteiger partial charge in [0.05, 0.1) is 18.5 Å². The number of nitrogen functional groups attached to an aromatic ring is 1. The third-order valence-electron chi connectivity index (χ3n) is 4.31. The first-order valence-corrected chi connectivity index (χ1v) is 7.36. The van der Waals surface area contributed by atoms with Crippen molar-refractivity contribution in [3.63, 3.8) is 0 Å². The number of para-hydroxylation sites is 2. The number of anilines is 2. The lowest BCUT2D eigenvalue weighted by atomic mass is 9.87. The molecule has 124 valence electrons. The van der Waals surface area contributed by atoms with Crippen molar-refractivity contribution in [1.82, 2.24) is 4.90 Å². The fraction of sp³-hybridized carbons (Fsp3) is 0.438. The number of nitrogens with zero attached hydrogens (tertiary/aromatic N) is 1. The van der Waals surface area contributed by atoms with Crippen LogP contribution in [0.25, 0.3) is 0 Å². The summed E-state index contributed by atoms with van der Waals surface area (Å²) in [6.45, 7) is 3.49. The Balaban J connectivity index is 2.16. The Morgan fingerprint density at radius 3 is 2.65 bits per heavy atom. The molecule has 0 saturated carbocycles. The van der Waals surface area contributed by atoms with Crippen molar-refractivity contribution in [2.75, 3.05) is 24.7 Å². The normalized spacial score (nSPS) is 21.9. The molecule has 1 fully saturated rings. The van der Waals surface area contributed by atoms with Crippen molar-refractivity contribution in [1.29, 1.82) is 0 Å². The molecule has 1 saturated heterocycles. The number of hydrogen-bond acceptors (Lipinski definition) is 5. The summed E-state index contributed by atoms with van der Waals surface area (Å²) < 4.78 is 4.66. The smallest absolute Gasteiger partial charge is 0.328 e. The molecule has 7 nitrogen and oxygen atoms in total. The third kappa shape index (κ3) is 2.99. The van der Waals surface area contributed by atoms with Crippen LogP contribution in [0.4, 0.5) is 11.4 Å². The fourth-order valence-corrected chi connectivity index (χ4v) is 2.62. The van der Waals surface area contributed by atoms with Crippen molar-refractivity contribution >= 4 is 29.2 Å². The highest BCUT2D eigenvalue weighted by Gasteiger charge is 2.50. The molecule has 7 heteroatoms. The SMILES string of the molecule is COC(=O)C(C)N1CCC(C)(C(=O)Nc2ccccc2N)C1=O. The van der Waals surface area contributed by atoms with Gasteiger partial charge in [-0.1, -0.05) is 12.1 Å². The number of methoxy groups -OCH3 is 1. The zero-order valence-corrected chi connectivity index (χ0v) is 13.5. The highest BCUT2D eigenvalue weighted by Crippen LogP contribution is 2.34. The zero-order valence-electron chi connectivity index (χ0n) is 13.5. The van der Waals surface area contributed by atoms with Gasteiger partial charge >= 0.3 is 5.97 Å². The molecular weight excluding hydrogens is 298 g/mol. The number of nitrogens with one attached hydrogen (secondary N) is 1. The largest absolute Gasteiger partial charge is 0.467 e. The zero-order chi connectivity index (χ0) is 17.2. The molecule has 0 aromatic heterocycles. The van der Waals surface area contributed by atoms with Crippen LogP contribution in [0.5, 0.6) is 0 Å². The lowest BCUT2D eigenvalue weighted by Gasteiger charge is -2.26. The van der Waals surface area contributed by atoms with E-state index in [1.54, 1.807) is 38.1 Å². The minimum absolute atomic E-state index is 0.323. The molecule has 1 aromatic carbocycles. The average Bonchev–Trinajstić information content (AvgIpc) is 2.85. The van der Waals surface area contributed by atoms with E-state index in [1.165, 1.54) is 12.0 Å². The van der Waals surface area contributed by atoms with Gasteiger partial charge < -0.3 is 20.7 Å². The molecule has 0 aliphatic carbocycles. The van der Waals surface area contributed by atoms with E-state index in [1.807, 2.05) is 0 Å². The first-order chi connectivity index (χ1) is 10.8. The summed E-state index contributed by atoms with van der Waals surface area (Å²) in [7, 11) is 1.27. The molecule has 1 aliphatic heterocycles. The van der Waals surface area contributed by atoms with E-state index >= 15 is 0 Å². The van der Waals surface area contributed by atoms with Crippen LogP contribution in [0.3, 0.4) is 0 Å². The number of ether oxygens (including phenoxy) is 1. The van der Waals surface area contributed by atoms with Crippen LogP contribution < -0.4 is 11.1 Å². The summed E-state index contributed by atoms with van der Waals surface area (Å²) in [5, 5.41) is 2.70. The van der Waals surface area contributed by atoms with E-state index < -0.39 is 23.3 Å². The first-order valence-electron chi connectivity index (χ1n) is 7.36. The third-order valence-corrected chi connectivity index (χ3v) is 4.31. The monoisotopic (exact) mass is 319 g/mol. The highest BCUT2D eigenvalue weighted by atomic mass is 16.5. The first kappa shape index (κ1) is 16.8.